The normalized spacial score (nSPS) is 15.9. The number of urea groups is 1. The Balaban J connectivity index is 1.26. The van der Waals surface area contributed by atoms with Crippen molar-refractivity contribution >= 4 is 17.6 Å². The van der Waals surface area contributed by atoms with E-state index in [1.54, 1.807) is 34.1 Å². The van der Waals surface area contributed by atoms with Crippen LogP contribution in [0.4, 0.5) is 10.5 Å². The third-order valence-corrected chi connectivity index (χ3v) is 4.96. The zero-order valence-corrected chi connectivity index (χ0v) is 15.6. The molecule has 2 aromatic rings. The molecule has 1 N–H and O–H groups in total. The highest BCUT2D eigenvalue weighted by atomic mass is 16.5. The molecule has 1 saturated heterocycles. The van der Waals surface area contributed by atoms with Gasteiger partial charge in [-0.1, -0.05) is 24.3 Å². The molecule has 1 fully saturated rings. The number of benzene rings is 2. The van der Waals surface area contributed by atoms with Crippen LogP contribution in [0.25, 0.3) is 0 Å². The van der Waals surface area contributed by atoms with Gasteiger partial charge in [-0.05, 0) is 35.4 Å². The number of hydrogen-bond acceptors (Lipinski definition) is 4. The van der Waals surface area contributed by atoms with Gasteiger partial charge in [0.15, 0.2) is 6.61 Å². The molecule has 2 aliphatic rings. The summed E-state index contributed by atoms with van der Waals surface area (Å²) >= 11 is 0. The second-order valence-electron chi connectivity index (χ2n) is 6.86. The predicted molar refractivity (Wildman–Crippen MR) is 104 cm³/mol. The summed E-state index contributed by atoms with van der Waals surface area (Å²) in [6.45, 7) is 3.59. The average Bonchev–Trinajstić information content (AvgIpc) is 3.18. The molecule has 0 unspecified atom stereocenters. The van der Waals surface area contributed by atoms with Gasteiger partial charge in [-0.25, -0.2) is 4.79 Å². The van der Waals surface area contributed by atoms with Crippen LogP contribution in [-0.2, 0) is 22.6 Å². The maximum Gasteiger partial charge on any atom is 0.322 e. The van der Waals surface area contributed by atoms with Crippen LogP contribution in [0, 0.1) is 0 Å². The number of ether oxygens (including phenoxy) is 2. The van der Waals surface area contributed by atoms with Gasteiger partial charge in [0.2, 0.25) is 0 Å². The van der Waals surface area contributed by atoms with Crippen LogP contribution in [0.3, 0.4) is 0 Å². The lowest BCUT2D eigenvalue weighted by molar-refractivity contribution is -0.137. The third kappa shape index (κ3) is 4.26. The minimum Gasteiger partial charge on any atom is -0.484 e. The molecular weight excluding hydrogens is 358 g/mol. The van der Waals surface area contributed by atoms with Crippen LogP contribution in [0.15, 0.2) is 48.5 Å². The molecule has 3 amide bonds. The lowest BCUT2D eigenvalue weighted by Gasteiger charge is -2.26. The first kappa shape index (κ1) is 18.3. The molecule has 0 atom stereocenters. The van der Waals surface area contributed by atoms with E-state index in [1.807, 2.05) is 24.3 Å². The zero-order valence-electron chi connectivity index (χ0n) is 15.6. The van der Waals surface area contributed by atoms with Gasteiger partial charge in [0.1, 0.15) is 5.75 Å². The predicted octanol–water partition coefficient (Wildman–Crippen LogP) is 2.47. The molecule has 7 heteroatoms. The molecule has 2 aliphatic heterocycles. The second kappa shape index (κ2) is 8.31. The highest BCUT2D eigenvalue weighted by Crippen LogP contribution is 2.23. The fourth-order valence-corrected chi connectivity index (χ4v) is 3.36. The van der Waals surface area contributed by atoms with Crippen molar-refractivity contribution in [1.82, 2.24) is 9.80 Å². The summed E-state index contributed by atoms with van der Waals surface area (Å²) in [6.07, 6.45) is 0. The van der Waals surface area contributed by atoms with Crippen LogP contribution in [-0.4, -0.2) is 54.6 Å². The number of fused-ring (bicyclic) bond motifs is 1. The summed E-state index contributed by atoms with van der Waals surface area (Å²) in [5, 5.41) is 2.90. The Morgan fingerprint density at radius 3 is 2.21 bits per heavy atom. The summed E-state index contributed by atoms with van der Waals surface area (Å²) in [5.41, 5.74) is 3.06. The number of hydrogen-bond donors (Lipinski definition) is 1. The number of nitrogens with zero attached hydrogens (tertiary/aromatic N) is 2. The van der Waals surface area contributed by atoms with Crippen LogP contribution < -0.4 is 10.1 Å². The van der Waals surface area contributed by atoms with Gasteiger partial charge in [-0.3, -0.25) is 4.79 Å². The van der Waals surface area contributed by atoms with Crippen LogP contribution in [0.1, 0.15) is 11.1 Å². The van der Waals surface area contributed by atoms with E-state index < -0.39 is 0 Å². The Labute approximate surface area is 163 Å². The minimum absolute atomic E-state index is 0.00224. The molecule has 0 aliphatic carbocycles. The van der Waals surface area contributed by atoms with Crippen molar-refractivity contribution in [3.8, 4) is 5.75 Å². The fraction of sp³-hybridized carbons (Fsp3) is 0.333. The van der Waals surface area contributed by atoms with E-state index in [1.165, 1.54) is 11.1 Å². The van der Waals surface area contributed by atoms with E-state index in [0.717, 1.165) is 0 Å². The molecule has 0 saturated carbocycles. The molecule has 146 valence electrons. The lowest BCUT2D eigenvalue weighted by atomic mass is 10.1. The van der Waals surface area contributed by atoms with Crippen LogP contribution in [0.2, 0.25) is 0 Å². The zero-order chi connectivity index (χ0) is 19.3. The van der Waals surface area contributed by atoms with E-state index in [9.17, 15) is 9.59 Å². The Morgan fingerprint density at radius 1 is 0.929 bits per heavy atom. The molecular formula is C21H23N3O4. The fourth-order valence-electron chi connectivity index (χ4n) is 3.36. The van der Waals surface area contributed by atoms with E-state index >= 15 is 0 Å². The summed E-state index contributed by atoms with van der Waals surface area (Å²) in [6, 6.07) is 15.0. The Kier molecular flexibility index (Phi) is 5.43. The monoisotopic (exact) mass is 381 g/mol. The first-order valence-corrected chi connectivity index (χ1v) is 9.40. The molecule has 2 heterocycles. The molecule has 28 heavy (non-hydrogen) atoms. The van der Waals surface area contributed by atoms with Gasteiger partial charge < -0.3 is 24.6 Å². The van der Waals surface area contributed by atoms with Crippen LogP contribution in [0.5, 0.6) is 5.75 Å². The number of morpholine rings is 1. The smallest absolute Gasteiger partial charge is 0.322 e. The van der Waals surface area contributed by atoms with E-state index in [-0.39, 0.29) is 18.5 Å². The molecule has 2 aromatic carbocycles. The largest absolute Gasteiger partial charge is 0.484 e. The van der Waals surface area contributed by atoms with Crippen molar-refractivity contribution < 1.29 is 19.1 Å². The molecule has 0 spiro atoms. The molecule has 7 nitrogen and oxygen atoms in total. The highest BCUT2D eigenvalue weighted by molar-refractivity contribution is 5.89. The van der Waals surface area contributed by atoms with Gasteiger partial charge >= 0.3 is 6.03 Å². The summed E-state index contributed by atoms with van der Waals surface area (Å²) < 4.78 is 10.8. The van der Waals surface area contributed by atoms with Crippen molar-refractivity contribution in [2.24, 2.45) is 0 Å². The van der Waals surface area contributed by atoms with Crippen molar-refractivity contribution in [2.45, 2.75) is 13.1 Å². The number of anilines is 1. The van der Waals surface area contributed by atoms with E-state index in [0.29, 0.717) is 50.8 Å². The van der Waals surface area contributed by atoms with E-state index in [4.69, 9.17) is 9.47 Å². The quantitative estimate of drug-likeness (QED) is 0.883. The van der Waals surface area contributed by atoms with Gasteiger partial charge in [0.05, 0.1) is 13.2 Å². The number of amides is 3. The number of rotatable bonds is 4. The topological polar surface area (TPSA) is 71.1 Å². The first-order chi connectivity index (χ1) is 13.7. The molecule has 0 aromatic heterocycles. The summed E-state index contributed by atoms with van der Waals surface area (Å²) in [5.74, 6) is 0.544. The number of carbonyl (C=O) groups is 2. The Morgan fingerprint density at radius 2 is 1.57 bits per heavy atom. The van der Waals surface area contributed by atoms with Crippen molar-refractivity contribution in [1.29, 1.82) is 0 Å². The average molecular weight is 381 g/mol. The Bertz CT molecular complexity index is 822. The van der Waals surface area contributed by atoms with E-state index in [2.05, 4.69) is 5.32 Å². The van der Waals surface area contributed by atoms with Crippen molar-refractivity contribution in [3.05, 3.63) is 59.7 Å². The SMILES string of the molecule is O=C(COc1ccc(NC(=O)N2Cc3ccccc3C2)cc1)N1CCOCC1. The lowest BCUT2D eigenvalue weighted by Crippen LogP contribution is -2.42. The number of carbonyl (C=O) groups excluding carboxylic acids is 2. The number of nitrogens with one attached hydrogen (secondary N) is 1. The molecule has 4 rings (SSSR count). The maximum atomic E-state index is 12.5. The molecule has 0 bridgehead atoms. The van der Waals surface area contributed by atoms with Gasteiger partial charge in [0, 0.05) is 31.9 Å². The standard InChI is InChI=1S/C21H23N3O4/c25-20(23-9-11-27-12-10-23)15-28-19-7-5-18(6-8-19)22-21(26)24-13-16-3-1-2-4-17(16)14-24/h1-8H,9-15H2,(H,22,26). The minimum atomic E-state index is -0.132. The summed E-state index contributed by atoms with van der Waals surface area (Å²) in [4.78, 5) is 28.1. The second-order valence-corrected chi connectivity index (χ2v) is 6.86. The third-order valence-electron chi connectivity index (χ3n) is 4.96. The highest BCUT2D eigenvalue weighted by Gasteiger charge is 2.23. The van der Waals surface area contributed by atoms with Gasteiger partial charge in [-0.15, -0.1) is 0 Å². The van der Waals surface area contributed by atoms with Crippen molar-refractivity contribution in [3.63, 3.8) is 0 Å². The van der Waals surface area contributed by atoms with Crippen molar-refractivity contribution in [2.75, 3.05) is 38.2 Å². The molecule has 0 radical (unpaired) electrons. The van der Waals surface area contributed by atoms with Gasteiger partial charge in [0.25, 0.3) is 5.91 Å². The van der Waals surface area contributed by atoms with Gasteiger partial charge in [-0.2, -0.15) is 0 Å². The summed E-state index contributed by atoms with van der Waals surface area (Å²) in [7, 11) is 0. The Hall–Kier alpha value is -3.06. The maximum absolute atomic E-state index is 12.5. The van der Waals surface area contributed by atoms with Crippen LogP contribution >= 0.6 is 0 Å². The first-order valence-electron chi connectivity index (χ1n) is 9.40.